The molecule has 6 nitrogen and oxygen atoms in total. The summed E-state index contributed by atoms with van der Waals surface area (Å²) in [7, 11) is 0. The number of aromatic nitrogens is 1. The van der Waals surface area contributed by atoms with Crippen LogP contribution in [0, 0.1) is 0 Å². The van der Waals surface area contributed by atoms with E-state index in [2.05, 4.69) is 4.98 Å². The number of carbonyl (C=O) groups is 3. The van der Waals surface area contributed by atoms with E-state index < -0.39 is 5.97 Å². The third kappa shape index (κ3) is 2.96. The number of ether oxygens (including phenoxy) is 1. The van der Waals surface area contributed by atoms with E-state index >= 15 is 0 Å². The van der Waals surface area contributed by atoms with Crippen LogP contribution in [0.2, 0.25) is 0 Å². The lowest BCUT2D eigenvalue weighted by Crippen LogP contribution is -2.24. The van der Waals surface area contributed by atoms with Crippen molar-refractivity contribution in [3.05, 3.63) is 99.8 Å². The number of esters is 1. The molecule has 0 saturated heterocycles. The minimum absolute atomic E-state index is 0.0577. The Labute approximate surface area is 174 Å². The van der Waals surface area contributed by atoms with Crippen molar-refractivity contribution in [3.8, 4) is 10.8 Å². The molecule has 1 aliphatic carbocycles. The Morgan fingerprint density at radius 2 is 1.70 bits per heavy atom. The van der Waals surface area contributed by atoms with E-state index in [1.807, 2.05) is 17.5 Å². The smallest absolute Gasteiger partial charge is 0.339 e. The van der Waals surface area contributed by atoms with Gasteiger partial charge in [0.2, 0.25) is 5.89 Å². The van der Waals surface area contributed by atoms with E-state index in [4.69, 9.17) is 9.15 Å². The van der Waals surface area contributed by atoms with Gasteiger partial charge < -0.3 is 9.15 Å². The van der Waals surface area contributed by atoms with Gasteiger partial charge in [-0.15, -0.1) is 11.3 Å². The standard InChI is InChI=1S/C23H13NO5S/c25-20-14-5-1-2-6-15(14)21(26)19-16(20)7-3-8-17(19)23(27)29-12-13-11-28-22(24-13)18-9-4-10-30-18/h1-11H,12H2. The van der Waals surface area contributed by atoms with Gasteiger partial charge in [-0.3, -0.25) is 9.59 Å². The van der Waals surface area contributed by atoms with Gasteiger partial charge in [-0.25, -0.2) is 9.78 Å². The number of hydrogen-bond donors (Lipinski definition) is 0. The summed E-state index contributed by atoms with van der Waals surface area (Å²) in [5, 5.41) is 1.91. The van der Waals surface area contributed by atoms with Crippen LogP contribution in [0.1, 0.15) is 47.9 Å². The molecule has 146 valence electrons. The number of nitrogens with zero attached hydrogens (tertiary/aromatic N) is 1. The molecule has 1 aliphatic rings. The Balaban J connectivity index is 1.41. The molecule has 0 radical (unpaired) electrons. The Kier molecular flexibility index (Phi) is 4.37. The van der Waals surface area contributed by atoms with E-state index in [-0.39, 0.29) is 40.4 Å². The maximum absolute atomic E-state index is 13.0. The molecule has 2 aromatic carbocycles. The molecule has 0 unspecified atom stereocenters. The summed E-state index contributed by atoms with van der Waals surface area (Å²) in [5.41, 5.74) is 1.41. The first-order chi connectivity index (χ1) is 14.6. The van der Waals surface area contributed by atoms with Gasteiger partial charge in [0.05, 0.1) is 10.4 Å². The Bertz CT molecular complexity index is 1300. The molecule has 0 fully saturated rings. The lowest BCUT2D eigenvalue weighted by Gasteiger charge is -2.19. The highest BCUT2D eigenvalue weighted by Gasteiger charge is 2.33. The Morgan fingerprint density at radius 1 is 0.933 bits per heavy atom. The second kappa shape index (κ2) is 7.20. The summed E-state index contributed by atoms with van der Waals surface area (Å²) in [6, 6.07) is 15.0. The molecule has 0 atom stereocenters. The van der Waals surface area contributed by atoms with Crippen LogP contribution in [0.3, 0.4) is 0 Å². The number of ketones is 2. The van der Waals surface area contributed by atoms with Crippen molar-refractivity contribution in [2.75, 3.05) is 0 Å². The van der Waals surface area contributed by atoms with Crippen molar-refractivity contribution >= 4 is 28.9 Å². The summed E-state index contributed by atoms with van der Waals surface area (Å²) in [6.07, 6.45) is 1.42. The van der Waals surface area contributed by atoms with Crippen LogP contribution in [0.4, 0.5) is 0 Å². The molecule has 30 heavy (non-hydrogen) atoms. The molecule has 0 N–H and O–H groups in total. The number of fused-ring (bicyclic) bond motifs is 2. The van der Waals surface area contributed by atoms with Gasteiger partial charge in [-0.05, 0) is 17.5 Å². The Morgan fingerprint density at radius 3 is 2.47 bits per heavy atom. The largest absolute Gasteiger partial charge is 0.455 e. The third-order valence-electron chi connectivity index (χ3n) is 4.81. The minimum Gasteiger partial charge on any atom is -0.455 e. The van der Waals surface area contributed by atoms with E-state index in [1.54, 1.807) is 36.4 Å². The first kappa shape index (κ1) is 18.2. The highest BCUT2D eigenvalue weighted by molar-refractivity contribution is 7.13. The molecule has 2 heterocycles. The molecule has 0 aliphatic heterocycles. The average Bonchev–Trinajstić information content (AvgIpc) is 3.47. The first-order valence-electron chi connectivity index (χ1n) is 9.10. The fourth-order valence-electron chi connectivity index (χ4n) is 3.42. The highest BCUT2D eigenvalue weighted by Crippen LogP contribution is 2.30. The molecular formula is C23H13NO5S. The zero-order chi connectivity index (χ0) is 20.7. The van der Waals surface area contributed by atoms with Gasteiger partial charge in [-0.1, -0.05) is 42.5 Å². The zero-order valence-corrected chi connectivity index (χ0v) is 16.3. The second-order valence-electron chi connectivity index (χ2n) is 6.63. The predicted octanol–water partition coefficient (Wildman–Crippen LogP) is 4.54. The lowest BCUT2D eigenvalue weighted by atomic mass is 9.82. The van der Waals surface area contributed by atoms with Gasteiger partial charge in [0.1, 0.15) is 18.6 Å². The average molecular weight is 415 g/mol. The molecular weight excluding hydrogens is 402 g/mol. The van der Waals surface area contributed by atoms with Crippen LogP contribution in [-0.2, 0) is 11.3 Å². The monoisotopic (exact) mass is 415 g/mol. The summed E-state index contributed by atoms with van der Waals surface area (Å²) in [4.78, 5) is 43.7. The van der Waals surface area contributed by atoms with Gasteiger partial charge >= 0.3 is 5.97 Å². The van der Waals surface area contributed by atoms with Crippen LogP contribution in [0.25, 0.3) is 10.8 Å². The molecule has 0 spiro atoms. The van der Waals surface area contributed by atoms with Crippen molar-refractivity contribution in [2.45, 2.75) is 6.61 Å². The van der Waals surface area contributed by atoms with Crippen molar-refractivity contribution in [1.82, 2.24) is 4.98 Å². The fraction of sp³-hybridized carbons (Fsp3) is 0.0435. The summed E-state index contributed by atoms with van der Waals surface area (Å²) in [5.74, 6) is -0.903. The Hall–Kier alpha value is -3.84. The van der Waals surface area contributed by atoms with Crippen molar-refractivity contribution < 1.29 is 23.5 Å². The van der Waals surface area contributed by atoms with E-state index in [0.717, 1.165) is 4.88 Å². The third-order valence-corrected chi connectivity index (χ3v) is 5.67. The molecule has 0 bridgehead atoms. The number of thiophene rings is 1. The molecule has 5 rings (SSSR count). The normalized spacial score (nSPS) is 12.4. The van der Waals surface area contributed by atoms with Crippen LogP contribution in [-0.4, -0.2) is 22.5 Å². The topological polar surface area (TPSA) is 86.5 Å². The maximum Gasteiger partial charge on any atom is 0.339 e. The highest BCUT2D eigenvalue weighted by atomic mass is 32.1. The maximum atomic E-state index is 13.0. The summed E-state index contributed by atoms with van der Waals surface area (Å²) in [6.45, 7) is -0.115. The molecule has 0 amide bonds. The van der Waals surface area contributed by atoms with E-state index in [0.29, 0.717) is 17.1 Å². The fourth-order valence-corrected chi connectivity index (χ4v) is 4.07. The first-order valence-corrected chi connectivity index (χ1v) is 9.98. The van der Waals surface area contributed by atoms with Gasteiger partial charge in [0, 0.05) is 22.3 Å². The second-order valence-corrected chi connectivity index (χ2v) is 7.58. The SMILES string of the molecule is O=C(OCc1coc(-c2cccs2)n1)c1cccc2c1C(=O)c1ccccc1C2=O. The van der Waals surface area contributed by atoms with E-state index in [1.165, 1.54) is 23.7 Å². The van der Waals surface area contributed by atoms with Crippen LogP contribution >= 0.6 is 11.3 Å². The van der Waals surface area contributed by atoms with E-state index in [9.17, 15) is 14.4 Å². The van der Waals surface area contributed by atoms with Gasteiger partial charge in [0.15, 0.2) is 11.6 Å². The van der Waals surface area contributed by atoms with Crippen molar-refractivity contribution in [3.63, 3.8) is 0 Å². The van der Waals surface area contributed by atoms with Gasteiger partial charge in [0.25, 0.3) is 0 Å². The molecule has 0 saturated carbocycles. The summed E-state index contributed by atoms with van der Waals surface area (Å²) >= 11 is 1.49. The summed E-state index contributed by atoms with van der Waals surface area (Å²) < 4.78 is 10.8. The number of benzene rings is 2. The molecule has 7 heteroatoms. The van der Waals surface area contributed by atoms with Crippen LogP contribution < -0.4 is 0 Å². The van der Waals surface area contributed by atoms with Crippen LogP contribution in [0.15, 0.2) is 70.7 Å². The zero-order valence-electron chi connectivity index (χ0n) is 15.5. The van der Waals surface area contributed by atoms with Crippen molar-refractivity contribution in [2.24, 2.45) is 0 Å². The lowest BCUT2D eigenvalue weighted by molar-refractivity contribution is 0.0465. The molecule has 4 aromatic rings. The van der Waals surface area contributed by atoms with Gasteiger partial charge in [-0.2, -0.15) is 0 Å². The van der Waals surface area contributed by atoms with Crippen LogP contribution in [0.5, 0.6) is 0 Å². The predicted molar refractivity (Wildman–Crippen MR) is 109 cm³/mol. The number of rotatable bonds is 4. The molecule has 2 aromatic heterocycles. The minimum atomic E-state index is -0.701. The number of hydrogen-bond acceptors (Lipinski definition) is 7. The quantitative estimate of drug-likeness (QED) is 0.401. The van der Waals surface area contributed by atoms with Crippen molar-refractivity contribution in [1.29, 1.82) is 0 Å². The number of carbonyl (C=O) groups excluding carboxylic acids is 3. The number of oxazole rings is 1.